The maximum absolute atomic E-state index is 10.00. The molecule has 11 nitrogen and oxygen atoms in total. The lowest BCUT2D eigenvalue weighted by Gasteiger charge is -2.43. The molecule has 2 rings (SSSR count). The van der Waals surface area contributed by atoms with Crippen molar-refractivity contribution in [2.75, 3.05) is 19.8 Å². The molecule has 2 fully saturated rings. The Hall–Kier alpha value is -0.440. The molecular formula is C12H22O11. The molecule has 11 heteroatoms. The third kappa shape index (κ3) is 3.23. The Morgan fingerprint density at radius 2 is 1.39 bits per heavy atom. The Morgan fingerprint density at radius 3 is 1.87 bits per heavy atom. The van der Waals surface area contributed by atoms with Crippen LogP contribution in [0.1, 0.15) is 0 Å². The van der Waals surface area contributed by atoms with Gasteiger partial charge in [-0.15, -0.1) is 0 Å². The molecule has 2 saturated heterocycles. The number of rotatable bonds is 5. The minimum absolute atomic E-state index is 0.669. The summed E-state index contributed by atoms with van der Waals surface area (Å²) >= 11 is 0. The Balaban J connectivity index is 2.18. The topological polar surface area (TPSA) is 190 Å². The fourth-order valence-electron chi connectivity index (χ4n) is 2.63. The maximum Gasteiger partial charge on any atom is 0.224 e. The van der Waals surface area contributed by atoms with Crippen molar-refractivity contribution in [2.45, 2.75) is 54.8 Å². The van der Waals surface area contributed by atoms with Crippen molar-refractivity contribution in [2.24, 2.45) is 0 Å². The van der Waals surface area contributed by atoms with Gasteiger partial charge in [0, 0.05) is 0 Å². The monoisotopic (exact) mass is 342 g/mol. The van der Waals surface area contributed by atoms with Crippen molar-refractivity contribution in [3.8, 4) is 0 Å². The molecule has 9 atom stereocenters. The largest absolute Gasteiger partial charge is 0.394 e. The predicted molar refractivity (Wildman–Crippen MR) is 68.6 cm³/mol. The highest BCUT2D eigenvalue weighted by molar-refractivity contribution is 4.98. The smallest absolute Gasteiger partial charge is 0.224 e. The van der Waals surface area contributed by atoms with Gasteiger partial charge in [-0.1, -0.05) is 0 Å². The van der Waals surface area contributed by atoms with Gasteiger partial charge in [-0.2, -0.15) is 0 Å². The summed E-state index contributed by atoms with van der Waals surface area (Å²) < 4.78 is 15.4. The van der Waals surface area contributed by atoms with Crippen molar-refractivity contribution >= 4 is 0 Å². The van der Waals surface area contributed by atoms with Gasteiger partial charge in [0.2, 0.25) is 5.79 Å². The zero-order chi connectivity index (χ0) is 17.4. The van der Waals surface area contributed by atoms with Crippen LogP contribution in [0.25, 0.3) is 0 Å². The molecule has 0 spiro atoms. The molecule has 0 aromatic rings. The van der Waals surface area contributed by atoms with E-state index >= 15 is 0 Å². The standard InChI is InChI=1S/C12H22O11/c13-1-4-6(16)8(18)9(19)11(21-4)23-12(3-15)10(20)7(17)5(2-14)22-12/h4-11,13-20H,1-3H2/t4-,5-,6-,7-,8+,9-,10+,11?,12-/m1/s1. The van der Waals surface area contributed by atoms with Crippen molar-refractivity contribution in [1.82, 2.24) is 0 Å². The summed E-state index contributed by atoms with van der Waals surface area (Å²) in [6.07, 6.45) is -12.7. The summed E-state index contributed by atoms with van der Waals surface area (Å²) in [4.78, 5) is 0. The third-order valence-electron chi connectivity index (χ3n) is 4.07. The third-order valence-corrected chi connectivity index (χ3v) is 4.07. The fourth-order valence-corrected chi connectivity index (χ4v) is 2.63. The average Bonchev–Trinajstić information content (AvgIpc) is 2.80. The highest BCUT2D eigenvalue weighted by atomic mass is 16.8. The minimum atomic E-state index is -2.22. The van der Waals surface area contributed by atoms with Crippen LogP contribution in [0, 0.1) is 0 Å². The summed E-state index contributed by atoms with van der Waals surface area (Å²) in [6, 6.07) is 0. The van der Waals surface area contributed by atoms with E-state index in [4.69, 9.17) is 24.4 Å². The van der Waals surface area contributed by atoms with Crippen molar-refractivity contribution in [3.05, 3.63) is 0 Å². The summed E-state index contributed by atoms with van der Waals surface area (Å²) in [5, 5.41) is 76.7. The summed E-state index contributed by atoms with van der Waals surface area (Å²) in [7, 11) is 0. The molecule has 0 bridgehead atoms. The van der Waals surface area contributed by atoms with Crippen LogP contribution in [-0.2, 0) is 14.2 Å². The van der Waals surface area contributed by atoms with Gasteiger partial charge >= 0.3 is 0 Å². The summed E-state index contributed by atoms with van der Waals surface area (Å²) in [6.45, 7) is -2.32. The van der Waals surface area contributed by atoms with Crippen LogP contribution in [0.15, 0.2) is 0 Å². The number of aliphatic hydroxyl groups excluding tert-OH is 8. The SMILES string of the molecule is OC[C@H]1O[C@](CO)(OC2O[C@H](CO)[C@@H](O)[C@H](O)[C@H]2O)[C@@H](O)[C@@H]1O. The first-order valence-electron chi connectivity index (χ1n) is 7.05. The zero-order valence-electron chi connectivity index (χ0n) is 12.0. The van der Waals surface area contributed by atoms with Gasteiger partial charge < -0.3 is 55.1 Å². The van der Waals surface area contributed by atoms with Crippen LogP contribution in [0.5, 0.6) is 0 Å². The van der Waals surface area contributed by atoms with Gasteiger partial charge in [0.1, 0.15) is 49.3 Å². The first kappa shape index (κ1) is 18.9. The quantitative estimate of drug-likeness (QED) is 0.238. The van der Waals surface area contributed by atoms with Crippen LogP contribution in [0.3, 0.4) is 0 Å². The molecular weight excluding hydrogens is 320 g/mol. The number of hydrogen-bond donors (Lipinski definition) is 8. The Kier molecular flexibility index (Phi) is 5.92. The van der Waals surface area contributed by atoms with E-state index in [0.29, 0.717) is 0 Å². The molecule has 0 aromatic carbocycles. The molecule has 23 heavy (non-hydrogen) atoms. The highest BCUT2D eigenvalue weighted by Gasteiger charge is 2.58. The Morgan fingerprint density at radius 1 is 0.783 bits per heavy atom. The lowest BCUT2D eigenvalue weighted by atomic mass is 9.99. The number of ether oxygens (including phenoxy) is 3. The van der Waals surface area contributed by atoms with E-state index < -0.39 is 74.6 Å². The molecule has 8 N–H and O–H groups in total. The van der Waals surface area contributed by atoms with Crippen LogP contribution < -0.4 is 0 Å². The molecule has 0 aromatic heterocycles. The second kappa shape index (κ2) is 7.21. The van der Waals surface area contributed by atoms with Crippen LogP contribution in [-0.4, -0.2) is 115 Å². The second-order valence-corrected chi connectivity index (χ2v) is 5.56. The van der Waals surface area contributed by atoms with E-state index in [1.165, 1.54) is 0 Å². The summed E-state index contributed by atoms with van der Waals surface area (Å²) in [5.74, 6) is -2.22. The lowest BCUT2D eigenvalue weighted by molar-refractivity contribution is -0.383. The zero-order valence-corrected chi connectivity index (χ0v) is 12.0. The van der Waals surface area contributed by atoms with Crippen LogP contribution in [0.4, 0.5) is 0 Å². The van der Waals surface area contributed by atoms with E-state index in [1.54, 1.807) is 0 Å². The predicted octanol–water partition coefficient (Wildman–Crippen LogP) is -5.40. The number of aliphatic hydroxyl groups is 8. The fraction of sp³-hybridized carbons (Fsp3) is 1.00. The molecule has 2 aliphatic rings. The molecule has 2 heterocycles. The minimum Gasteiger partial charge on any atom is -0.394 e. The first-order chi connectivity index (χ1) is 10.8. The Bertz CT molecular complexity index is 393. The maximum atomic E-state index is 10.00. The number of hydrogen-bond acceptors (Lipinski definition) is 11. The average molecular weight is 342 g/mol. The molecule has 1 unspecified atom stereocenters. The molecule has 0 saturated carbocycles. The first-order valence-corrected chi connectivity index (χ1v) is 7.05. The van der Waals surface area contributed by atoms with Crippen LogP contribution in [0.2, 0.25) is 0 Å². The van der Waals surface area contributed by atoms with Gasteiger partial charge in [0.05, 0.1) is 13.2 Å². The van der Waals surface area contributed by atoms with E-state index in [9.17, 15) is 30.6 Å². The van der Waals surface area contributed by atoms with E-state index in [0.717, 1.165) is 0 Å². The van der Waals surface area contributed by atoms with Crippen LogP contribution >= 0.6 is 0 Å². The molecule has 136 valence electrons. The molecule has 0 aliphatic carbocycles. The van der Waals surface area contributed by atoms with Crippen molar-refractivity contribution in [1.29, 1.82) is 0 Å². The van der Waals surface area contributed by atoms with Gasteiger partial charge in [0.15, 0.2) is 6.29 Å². The molecule has 0 amide bonds. The lowest BCUT2D eigenvalue weighted by Crippen LogP contribution is -2.62. The van der Waals surface area contributed by atoms with Gasteiger partial charge in [0.25, 0.3) is 0 Å². The second-order valence-electron chi connectivity index (χ2n) is 5.56. The highest BCUT2D eigenvalue weighted by Crippen LogP contribution is 2.35. The van der Waals surface area contributed by atoms with Gasteiger partial charge in [-0.05, 0) is 0 Å². The molecule has 2 aliphatic heterocycles. The summed E-state index contributed by atoms with van der Waals surface area (Å²) in [5.41, 5.74) is 0. The van der Waals surface area contributed by atoms with E-state index in [-0.39, 0.29) is 0 Å². The molecule has 0 radical (unpaired) electrons. The Labute approximate surface area is 130 Å². The van der Waals surface area contributed by atoms with E-state index in [1.807, 2.05) is 0 Å². The van der Waals surface area contributed by atoms with Gasteiger partial charge in [-0.3, -0.25) is 0 Å². The van der Waals surface area contributed by atoms with Crippen molar-refractivity contribution in [3.63, 3.8) is 0 Å². The normalized spacial score (nSPS) is 51.1. The van der Waals surface area contributed by atoms with E-state index in [2.05, 4.69) is 0 Å². The van der Waals surface area contributed by atoms with Gasteiger partial charge in [-0.25, -0.2) is 0 Å². The van der Waals surface area contributed by atoms with Crippen molar-refractivity contribution < 1.29 is 55.1 Å².